The molecule has 0 atom stereocenters. The average molecular weight is 559 g/mol. The number of nitrogens with one attached hydrogen (secondary N) is 1. The normalized spacial score (nSPS) is 17.8. The van der Waals surface area contributed by atoms with Gasteiger partial charge in [0.15, 0.2) is 5.96 Å². The topological polar surface area (TPSA) is 100 Å². The Kier molecular flexibility index (Phi) is 10.6. The van der Waals surface area contributed by atoms with Gasteiger partial charge < -0.3 is 19.9 Å². The first-order valence-corrected chi connectivity index (χ1v) is 11.1. The zero-order valence-electron chi connectivity index (χ0n) is 18.9. The summed E-state index contributed by atoms with van der Waals surface area (Å²) in [6.45, 7) is 9.76. The lowest BCUT2D eigenvalue weighted by Gasteiger charge is -2.37. The summed E-state index contributed by atoms with van der Waals surface area (Å²) in [5.74, 6) is 1.63. The van der Waals surface area contributed by atoms with Crippen LogP contribution in [-0.2, 0) is 16.1 Å². The maximum absolute atomic E-state index is 12.8. The summed E-state index contributed by atoms with van der Waals surface area (Å²) in [5, 5.41) is 14.3. The number of carbonyl (C=O) groups excluding carboxylic acids is 1. The number of carbonyl (C=O) groups is 1. The van der Waals surface area contributed by atoms with Crippen molar-refractivity contribution in [2.75, 3.05) is 45.9 Å². The molecule has 2 aliphatic rings. The number of non-ortho nitro benzene ring substituents is 1. The van der Waals surface area contributed by atoms with Crippen LogP contribution in [0, 0.1) is 22.0 Å². The average Bonchev–Trinajstić information content (AvgIpc) is 2.79. The number of hydrogen-bond donors (Lipinski definition) is 1. The number of piperidine rings is 1. The Morgan fingerprint density at radius 1 is 1.16 bits per heavy atom. The van der Waals surface area contributed by atoms with Crippen LogP contribution in [0.3, 0.4) is 0 Å². The fraction of sp³-hybridized carbons (Fsp3) is 0.636. The molecule has 2 heterocycles. The molecule has 9 nitrogen and oxygen atoms in total. The second kappa shape index (κ2) is 12.9. The number of benzene rings is 1. The molecule has 3 rings (SSSR count). The van der Waals surface area contributed by atoms with Crippen LogP contribution in [0.25, 0.3) is 0 Å². The first kappa shape index (κ1) is 26.3. The molecule has 0 spiro atoms. The first-order valence-electron chi connectivity index (χ1n) is 11.1. The van der Waals surface area contributed by atoms with Gasteiger partial charge in [-0.1, -0.05) is 26.0 Å². The van der Waals surface area contributed by atoms with E-state index in [-0.39, 0.29) is 41.5 Å². The number of rotatable bonds is 6. The van der Waals surface area contributed by atoms with Gasteiger partial charge >= 0.3 is 0 Å². The van der Waals surface area contributed by atoms with Crippen LogP contribution in [0.5, 0.6) is 0 Å². The van der Waals surface area contributed by atoms with Gasteiger partial charge in [-0.05, 0) is 24.3 Å². The van der Waals surface area contributed by atoms with Crippen LogP contribution in [0.15, 0.2) is 29.3 Å². The van der Waals surface area contributed by atoms with Crippen LogP contribution in [0.1, 0.15) is 32.3 Å². The monoisotopic (exact) mass is 559 g/mol. The highest BCUT2D eigenvalue weighted by atomic mass is 127. The van der Waals surface area contributed by atoms with Crippen molar-refractivity contribution >= 4 is 41.5 Å². The number of ether oxygens (including phenoxy) is 1. The molecule has 2 saturated heterocycles. The molecule has 0 unspecified atom stereocenters. The molecular formula is C22H34IN5O4. The second-order valence-corrected chi connectivity index (χ2v) is 8.54. The maximum atomic E-state index is 12.8. The van der Waals surface area contributed by atoms with E-state index in [9.17, 15) is 14.9 Å². The van der Waals surface area contributed by atoms with E-state index in [0.717, 1.165) is 44.0 Å². The fourth-order valence-corrected chi connectivity index (χ4v) is 3.83. The molecule has 1 aromatic carbocycles. The summed E-state index contributed by atoms with van der Waals surface area (Å²) in [5.41, 5.74) is 1.00. The van der Waals surface area contributed by atoms with Crippen LogP contribution in [0.4, 0.5) is 5.69 Å². The van der Waals surface area contributed by atoms with Crippen molar-refractivity contribution in [3.8, 4) is 0 Å². The van der Waals surface area contributed by atoms with Crippen LogP contribution in [0.2, 0.25) is 0 Å². The Morgan fingerprint density at radius 3 is 2.34 bits per heavy atom. The van der Waals surface area contributed by atoms with Crippen molar-refractivity contribution in [2.24, 2.45) is 16.8 Å². The Bertz CT molecular complexity index is 773. The van der Waals surface area contributed by atoms with Gasteiger partial charge in [0.2, 0.25) is 5.91 Å². The molecule has 2 fully saturated rings. The van der Waals surface area contributed by atoms with E-state index in [0.29, 0.717) is 38.8 Å². The van der Waals surface area contributed by atoms with E-state index in [1.54, 1.807) is 12.1 Å². The van der Waals surface area contributed by atoms with E-state index in [4.69, 9.17) is 9.73 Å². The Labute approximate surface area is 206 Å². The molecule has 0 aromatic heterocycles. The Balaban J connectivity index is 0.00000363. The van der Waals surface area contributed by atoms with Gasteiger partial charge in [0.25, 0.3) is 5.69 Å². The van der Waals surface area contributed by atoms with E-state index in [2.05, 4.69) is 24.1 Å². The highest BCUT2D eigenvalue weighted by molar-refractivity contribution is 14.0. The SMILES string of the molecule is CC(C)CNC(=NCc1ccc([N+](=O)[O-])cc1)N1CCC(C(=O)N2CCOCC2)CC1.I. The Hall–Kier alpha value is -1.95. The van der Waals surface area contributed by atoms with Crippen LogP contribution < -0.4 is 5.32 Å². The molecule has 1 amide bonds. The van der Waals surface area contributed by atoms with E-state index >= 15 is 0 Å². The number of nitro benzene ring substituents is 1. The van der Waals surface area contributed by atoms with Gasteiger partial charge in [-0.3, -0.25) is 14.9 Å². The molecule has 0 saturated carbocycles. The van der Waals surface area contributed by atoms with Crippen molar-refractivity contribution in [3.63, 3.8) is 0 Å². The summed E-state index contributed by atoms with van der Waals surface area (Å²) in [4.78, 5) is 32.2. The van der Waals surface area contributed by atoms with Crippen molar-refractivity contribution in [1.82, 2.24) is 15.1 Å². The predicted molar refractivity (Wildman–Crippen MR) is 134 cm³/mol. The fourth-order valence-electron chi connectivity index (χ4n) is 3.83. The molecular weight excluding hydrogens is 525 g/mol. The first-order chi connectivity index (χ1) is 14.9. The number of amides is 1. The Morgan fingerprint density at radius 2 is 1.78 bits per heavy atom. The van der Waals surface area contributed by atoms with Gasteiger partial charge in [0.1, 0.15) is 0 Å². The number of nitro groups is 1. The molecule has 10 heteroatoms. The van der Waals surface area contributed by atoms with Crippen molar-refractivity contribution in [1.29, 1.82) is 0 Å². The minimum Gasteiger partial charge on any atom is -0.378 e. The summed E-state index contributed by atoms with van der Waals surface area (Å²) < 4.78 is 5.35. The summed E-state index contributed by atoms with van der Waals surface area (Å²) in [7, 11) is 0. The number of halogens is 1. The summed E-state index contributed by atoms with van der Waals surface area (Å²) >= 11 is 0. The standard InChI is InChI=1S/C22H33N5O4.HI/c1-17(2)15-23-22(24-16-18-3-5-20(6-4-18)27(29)30)26-9-7-19(8-10-26)21(28)25-11-13-31-14-12-25;/h3-6,17,19H,7-16H2,1-2H3,(H,23,24);1H. The van der Waals surface area contributed by atoms with Crippen molar-refractivity contribution in [3.05, 3.63) is 39.9 Å². The number of hydrogen-bond acceptors (Lipinski definition) is 5. The van der Waals surface area contributed by atoms with Crippen LogP contribution >= 0.6 is 24.0 Å². The second-order valence-electron chi connectivity index (χ2n) is 8.54. The maximum Gasteiger partial charge on any atom is 0.269 e. The third-order valence-corrected chi connectivity index (χ3v) is 5.69. The molecule has 0 bridgehead atoms. The quantitative estimate of drug-likeness (QED) is 0.189. The van der Waals surface area contributed by atoms with Gasteiger partial charge in [0.05, 0.1) is 24.7 Å². The molecule has 2 aliphatic heterocycles. The van der Waals surface area contributed by atoms with E-state index < -0.39 is 4.92 Å². The smallest absolute Gasteiger partial charge is 0.269 e. The van der Waals surface area contributed by atoms with Crippen molar-refractivity contribution in [2.45, 2.75) is 33.2 Å². The number of nitrogens with zero attached hydrogens (tertiary/aromatic N) is 4. The summed E-state index contributed by atoms with van der Waals surface area (Å²) in [6, 6.07) is 6.51. The minimum absolute atomic E-state index is 0. The number of likely N-dealkylation sites (tertiary alicyclic amines) is 1. The lowest BCUT2D eigenvalue weighted by molar-refractivity contribution is -0.384. The molecule has 178 valence electrons. The number of morpholine rings is 1. The lowest BCUT2D eigenvalue weighted by Crippen LogP contribution is -2.50. The predicted octanol–water partition coefficient (Wildman–Crippen LogP) is 2.89. The number of guanidine groups is 1. The third-order valence-electron chi connectivity index (χ3n) is 5.69. The molecule has 32 heavy (non-hydrogen) atoms. The third kappa shape index (κ3) is 7.58. The minimum atomic E-state index is -0.398. The highest BCUT2D eigenvalue weighted by Crippen LogP contribution is 2.21. The highest BCUT2D eigenvalue weighted by Gasteiger charge is 2.30. The van der Waals surface area contributed by atoms with Gasteiger partial charge in [-0.15, -0.1) is 24.0 Å². The molecule has 0 radical (unpaired) electrons. The number of aliphatic imine (C=N–C) groups is 1. The van der Waals surface area contributed by atoms with E-state index in [1.165, 1.54) is 12.1 Å². The molecule has 1 aromatic rings. The lowest BCUT2D eigenvalue weighted by atomic mass is 9.95. The zero-order valence-corrected chi connectivity index (χ0v) is 21.2. The van der Waals surface area contributed by atoms with Gasteiger partial charge in [-0.2, -0.15) is 0 Å². The largest absolute Gasteiger partial charge is 0.378 e. The summed E-state index contributed by atoms with van der Waals surface area (Å²) in [6.07, 6.45) is 1.63. The molecule has 1 N–H and O–H groups in total. The van der Waals surface area contributed by atoms with E-state index in [1.807, 2.05) is 4.90 Å². The van der Waals surface area contributed by atoms with Crippen molar-refractivity contribution < 1.29 is 14.5 Å². The van der Waals surface area contributed by atoms with Crippen LogP contribution in [-0.4, -0.2) is 72.5 Å². The van der Waals surface area contributed by atoms with Gasteiger partial charge in [-0.25, -0.2) is 4.99 Å². The zero-order chi connectivity index (χ0) is 22.2. The molecule has 0 aliphatic carbocycles. The van der Waals surface area contributed by atoms with Gasteiger partial charge in [0, 0.05) is 50.8 Å².